The first kappa shape index (κ1) is 14.4. The molecule has 1 unspecified atom stereocenters. The van der Waals surface area contributed by atoms with Crippen molar-refractivity contribution in [2.75, 3.05) is 6.54 Å². The van der Waals surface area contributed by atoms with E-state index >= 15 is 0 Å². The van der Waals surface area contributed by atoms with Crippen LogP contribution in [-0.4, -0.2) is 40.2 Å². The van der Waals surface area contributed by atoms with Gasteiger partial charge in [-0.1, -0.05) is 25.6 Å². The van der Waals surface area contributed by atoms with Crippen molar-refractivity contribution in [1.82, 2.24) is 15.2 Å². The summed E-state index contributed by atoms with van der Waals surface area (Å²) in [6, 6.07) is 0.0649. The lowest BCUT2D eigenvalue weighted by atomic mass is 10.2. The maximum atomic E-state index is 11.9. The lowest BCUT2D eigenvalue weighted by Crippen LogP contribution is -2.53. The van der Waals surface area contributed by atoms with Crippen molar-refractivity contribution in [1.29, 1.82) is 0 Å². The normalized spacial score (nSPS) is 22.9. The van der Waals surface area contributed by atoms with Gasteiger partial charge in [-0.05, 0) is 18.8 Å². The minimum Gasteiger partial charge on any atom is -0.296 e. The van der Waals surface area contributed by atoms with Crippen molar-refractivity contribution in [2.45, 2.75) is 38.2 Å². The van der Waals surface area contributed by atoms with Gasteiger partial charge in [0.1, 0.15) is 5.50 Å². The summed E-state index contributed by atoms with van der Waals surface area (Å²) in [7, 11) is 0. The molecule has 19 heavy (non-hydrogen) atoms. The summed E-state index contributed by atoms with van der Waals surface area (Å²) in [6.07, 6.45) is 3.00. The lowest BCUT2D eigenvalue weighted by Gasteiger charge is -2.35. The van der Waals surface area contributed by atoms with Gasteiger partial charge in [0.2, 0.25) is 0 Å². The van der Waals surface area contributed by atoms with Gasteiger partial charge < -0.3 is 0 Å². The first-order chi connectivity index (χ1) is 9.08. The number of carbonyl (C=O) groups is 2. The van der Waals surface area contributed by atoms with E-state index in [9.17, 15) is 9.59 Å². The third kappa shape index (κ3) is 3.10. The molecule has 0 radical (unpaired) electrons. The fraction of sp³-hybridized carbons (Fsp3) is 0.667. The highest BCUT2D eigenvalue weighted by Crippen LogP contribution is 2.39. The largest absolute Gasteiger partial charge is 0.338 e. The van der Waals surface area contributed by atoms with E-state index in [1.807, 2.05) is 0 Å². The SMILES string of the molecule is CC(C)CN(C1CC1)C1SC=C(C=O)N1C(=O)NN. The number of rotatable bonds is 5. The van der Waals surface area contributed by atoms with Gasteiger partial charge in [-0.25, -0.2) is 10.6 Å². The highest BCUT2D eigenvalue weighted by atomic mass is 32.2. The molecule has 0 bridgehead atoms. The zero-order valence-corrected chi connectivity index (χ0v) is 12.0. The number of nitrogens with two attached hydrogens (primary N) is 1. The molecule has 1 aliphatic heterocycles. The molecule has 0 aromatic carbocycles. The van der Waals surface area contributed by atoms with E-state index in [1.165, 1.54) is 16.7 Å². The van der Waals surface area contributed by atoms with Crippen LogP contribution in [-0.2, 0) is 4.79 Å². The molecule has 2 aliphatic rings. The molecule has 0 aromatic heterocycles. The van der Waals surface area contributed by atoms with Crippen LogP contribution in [0.15, 0.2) is 11.1 Å². The monoisotopic (exact) mass is 284 g/mol. The number of nitrogens with one attached hydrogen (secondary N) is 1. The molecule has 1 aliphatic carbocycles. The van der Waals surface area contributed by atoms with Crippen molar-refractivity contribution in [3.05, 3.63) is 11.1 Å². The maximum Gasteiger partial charge on any atom is 0.338 e. The van der Waals surface area contributed by atoms with E-state index < -0.39 is 6.03 Å². The molecule has 0 aromatic rings. The first-order valence-electron chi connectivity index (χ1n) is 6.44. The average Bonchev–Trinajstić information content (AvgIpc) is 3.13. The fourth-order valence-electron chi connectivity index (χ4n) is 2.22. The summed E-state index contributed by atoms with van der Waals surface area (Å²) in [5.41, 5.74) is 2.32. The summed E-state index contributed by atoms with van der Waals surface area (Å²) in [5.74, 6) is 5.72. The number of nitrogens with zero attached hydrogens (tertiary/aromatic N) is 2. The average molecular weight is 284 g/mol. The zero-order valence-electron chi connectivity index (χ0n) is 11.2. The van der Waals surface area contributed by atoms with Crippen LogP contribution in [0.2, 0.25) is 0 Å². The Balaban J connectivity index is 2.16. The molecule has 1 atom stereocenters. The fourth-order valence-corrected chi connectivity index (χ4v) is 3.41. The van der Waals surface area contributed by atoms with Gasteiger partial charge in [-0.3, -0.25) is 20.0 Å². The van der Waals surface area contributed by atoms with Crippen molar-refractivity contribution < 1.29 is 9.59 Å². The van der Waals surface area contributed by atoms with Gasteiger partial charge >= 0.3 is 6.03 Å². The summed E-state index contributed by atoms with van der Waals surface area (Å²) in [4.78, 5) is 26.7. The molecule has 2 amide bonds. The van der Waals surface area contributed by atoms with E-state index in [2.05, 4.69) is 24.2 Å². The predicted molar refractivity (Wildman–Crippen MR) is 74.7 cm³/mol. The Kier molecular flexibility index (Phi) is 4.49. The van der Waals surface area contributed by atoms with E-state index in [1.54, 1.807) is 5.41 Å². The van der Waals surface area contributed by atoms with Crippen LogP contribution in [0.3, 0.4) is 0 Å². The van der Waals surface area contributed by atoms with Crippen LogP contribution >= 0.6 is 11.8 Å². The third-order valence-corrected chi connectivity index (χ3v) is 4.25. The Labute approximate surface area is 117 Å². The Morgan fingerprint density at radius 3 is 2.84 bits per heavy atom. The van der Waals surface area contributed by atoms with Gasteiger partial charge in [-0.2, -0.15) is 0 Å². The molecular formula is C12H20N4O2S. The summed E-state index contributed by atoms with van der Waals surface area (Å²) in [6.45, 7) is 5.20. The van der Waals surface area contributed by atoms with Crippen molar-refractivity contribution >= 4 is 24.1 Å². The van der Waals surface area contributed by atoms with Gasteiger partial charge in [0.15, 0.2) is 6.29 Å². The second kappa shape index (κ2) is 5.94. The van der Waals surface area contributed by atoms with Crippen LogP contribution < -0.4 is 11.3 Å². The smallest absolute Gasteiger partial charge is 0.296 e. The minimum atomic E-state index is -0.442. The number of urea groups is 1. The van der Waals surface area contributed by atoms with Gasteiger partial charge in [0, 0.05) is 18.0 Å². The molecule has 106 valence electrons. The molecule has 1 heterocycles. The standard InChI is InChI=1S/C12H20N4O2S/c1-8(2)5-15(9-3-4-9)12-16(11(18)14-13)10(6-17)7-19-12/h6-9,12H,3-5,13H2,1-2H3,(H,14,18). The number of carbonyl (C=O) groups excluding carboxylic acids is 2. The lowest BCUT2D eigenvalue weighted by molar-refractivity contribution is -0.106. The second-order valence-electron chi connectivity index (χ2n) is 5.26. The van der Waals surface area contributed by atoms with Crippen LogP contribution in [0.4, 0.5) is 4.79 Å². The second-order valence-corrected chi connectivity index (χ2v) is 6.19. The topological polar surface area (TPSA) is 78.7 Å². The maximum absolute atomic E-state index is 11.9. The number of amides is 2. The summed E-state index contributed by atoms with van der Waals surface area (Å²) in [5, 5.41) is 1.72. The molecule has 6 nitrogen and oxygen atoms in total. The van der Waals surface area contributed by atoms with Crippen molar-refractivity contribution in [3.63, 3.8) is 0 Å². The number of hydrogen-bond acceptors (Lipinski definition) is 5. The van der Waals surface area contributed by atoms with E-state index in [0.717, 1.165) is 19.4 Å². The third-order valence-electron chi connectivity index (χ3n) is 3.15. The van der Waals surface area contributed by atoms with Crippen molar-refractivity contribution in [2.24, 2.45) is 11.8 Å². The van der Waals surface area contributed by atoms with E-state index in [0.29, 0.717) is 23.9 Å². The highest BCUT2D eigenvalue weighted by Gasteiger charge is 2.42. The quantitative estimate of drug-likeness (QED) is 0.342. The van der Waals surface area contributed by atoms with E-state index in [-0.39, 0.29) is 5.50 Å². The first-order valence-corrected chi connectivity index (χ1v) is 7.39. The Morgan fingerprint density at radius 1 is 1.68 bits per heavy atom. The molecule has 2 rings (SSSR count). The number of hydrazine groups is 1. The van der Waals surface area contributed by atoms with E-state index in [4.69, 9.17) is 5.84 Å². The van der Waals surface area contributed by atoms with Gasteiger partial charge in [0.05, 0.1) is 5.70 Å². The zero-order chi connectivity index (χ0) is 14.0. The van der Waals surface area contributed by atoms with Gasteiger partial charge in [-0.15, -0.1) is 0 Å². The van der Waals surface area contributed by atoms with Gasteiger partial charge in [0.25, 0.3) is 0 Å². The molecule has 1 fully saturated rings. The molecule has 0 spiro atoms. The Morgan fingerprint density at radius 2 is 2.37 bits per heavy atom. The van der Waals surface area contributed by atoms with Crippen LogP contribution in [0.1, 0.15) is 26.7 Å². The summed E-state index contributed by atoms with van der Waals surface area (Å²) >= 11 is 1.49. The van der Waals surface area contributed by atoms with Crippen LogP contribution in [0.25, 0.3) is 0 Å². The molecular weight excluding hydrogens is 264 g/mol. The van der Waals surface area contributed by atoms with Crippen molar-refractivity contribution in [3.8, 4) is 0 Å². The number of hydrogen-bond donors (Lipinski definition) is 2. The Hall–Kier alpha value is -1.05. The molecule has 1 saturated carbocycles. The number of thioether (sulfide) groups is 1. The molecule has 3 N–H and O–H groups in total. The summed E-state index contributed by atoms with van der Waals surface area (Å²) < 4.78 is 0. The highest BCUT2D eigenvalue weighted by molar-refractivity contribution is 8.02. The van der Waals surface area contributed by atoms with Crippen LogP contribution in [0.5, 0.6) is 0 Å². The number of allylic oxidation sites excluding steroid dienone is 1. The van der Waals surface area contributed by atoms with Crippen LogP contribution in [0, 0.1) is 5.92 Å². The molecule has 0 saturated heterocycles. The predicted octanol–water partition coefficient (Wildman–Crippen LogP) is 1.06. The Bertz CT molecular complexity index is 395. The molecule has 7 heteroatoms. The number of aldehydes is 1. The minimum absolute atomic E-state index is 0.168.